The Bertz CT molecular complexity index is 509. The first-order valence-corrected chi connectivity index (χ1v) is 7.78. The van der Waals surface area contributed by atoms with E-state index in [1.807, 2.05) is 12.1 Å². The van der Waals surface area contributed by atoms with Crippen LogP contribution in [0.15, 0.2) is 29.2 Å². The normalized spacial score (nSPS) is 13.0. The average molecular weight is 309 g/mol. The molecular formula is C16H23NO3S. The maximum atomic E-state index is 12.2. The number of carboxylic acids is 1. The van der Waals surface area contributed by atoms with Crippen molar-refractivity contribution in [2.75, 3.05) is 0 Å². The number of thioether (sulfide) groups is 1. The van der Waals surface area contributed by atoms with Crippen molar-refractivity contribution in [3.05, 3.63) is 29.8 Å². The van der Waals surface area contributed by atoms with Crippen LogP contribution in [-0.4, -0.2) is 27.8 Å². The van der Waals surface area contributed by atoms with E-state index < -0.39 is 16.8 Å². The van der Waals surface area contributed by atoms with Crippen molar-refractivity contribution in [2.24, 2.45) is 0 Å². The molecule has 116 valence electrons. The van der Waals surface area contributed by atoms with Gasteiger partial charge < -0.3 is 10.4 Å². The van der Waals surface area contributed by atoms with Gasteiger partial charge in [0.05, 0.1) is 4.75 Å². The lowest BCUT2D eigenvalue weighted by Crippen LogP contribution is -2.46. The molecule has 1 amide bonds. The Balaban J connectivity index is 2.74. The zero-order valence-corrected chi connectivity index (χ0v) is 14.0. The summed E-state index contributed by atoms with van der Waals surface area (Å²) in [6, 6.07) is 7.22. The molecule has 1 atom stereocenters. The number of carboxylic acid groups (broad SMARTS) is 1. The highest BCUT2D eigenvalue weighted by Crippen LogP contribution is 2.33. The summed E-state index contributed by atoms with van der Waals surface area (Å²) in [6.45, 7) is 9.30. The smallest absolute Gasteiger partial charge is 0.325 e. The van der Waals surface area contributed by atoms with E-state index in [1.165, 1.54) is 24.2 Å². The van der Waals surface area contributed by atoms with Crippen LogP contribution in [0.4, 0.5) is 0 Å². The second kappa shape index (κ2) is 6.98. The highest BCUT2D eigenvalue weighted by atomic mass is 32.2. The topological polar surface area (TPSA) is 66.4 Å². The fourth-order valence-corrected chi connectivity index (χ4v) is 2.71. The lowest BCUT2D eigenvalue weighted by atomic mass is 10.0. The molecule has 0 aliphatic carbocycles. The molecule has 5 heteroatoms. The maximum absolute atomic E-state index is 12.2. The van der Waals surface area contributed by atoms with E-state index in [0.717, 1.165) is 4.90 Å². The molecule has 1 aromatic carbocycles. The first-order chi connectivity index (χ1) is 9.63. The van der Waals surface area contributed by atoms with Gasteiger partial charge in [0.15, 0.2) is 0 Å². The summed E-state index contributed by atoms with van der Waals surface area (Å²) in [4.78, 5) is 24.0. The Morgan fingerprint density at radius 3 is 2.10 bits per heavy atom. The van der Waals surface area contributed by atoms with Crippen molar-refractivity contribution >= 4 is 23.6 Å². The van der Waals surface area contributed by atoms with E-state index >= 15 is 0 Å². The molecule has 0 radical (unpaired) electrons. The third-order valence-electron chi connectivity index (χ3n) is 3.18. The zero-order chi connectivity index (χ0) is 16.2. The lowest BCUT2D eigenvalue weighted by molar-refractivity contribution is -0.141. The number of benzene rings is 1. The van der Waals surface area contributed by atoms with Gasteiger partial charge in [0.2, 0.25) is 5.91 Å². The van der Waals surface area contributed by atoms with Crippen LogP contribution in [-0.2, 0) is 9.59 Å². The average Bonchev–Trinajstić information content (AvgIpc) is 2.38. The quantitative estimate of drug-likeness (QED) is 0.792. The molecule has 0 aromatic heterocycles. The molecule has 21 heavy (non-hydrogen) atoms. The molecule has 2 N–H and O–H groups in total. The highest BCUT2D eigenvalue weighted by Gasteiger charge is 2.31. The van der Waals surface area contributed by atoms with Crippen LogP contribution in [0.2, 0.25) is 0 Å². The Morgan fingerprint density at radius 2 is 1.67 bits per heavy atom. The van der Waals surface area contributed by atoms with Crippen LogP contribution in [0, 0.1) is 0 Å². The molecule has 1 rings (SSSR count). The first-order valence-electron chi connectivity index (χ1n) is 6.96. The van der Waals surface area contributed by atoms with Gasteiger partial charge in [0, 0.05) is 4.90 Å². The molecule has 0 aliphatic rings. The summed E-state index contributed by atoms with van der Waals surface area (Å²) in [5.41, 5.74) is 1.25. The van der Waals surface area contributed by atoms with E-state index in [1.54, 1.807) is 13.8 Å². The standard InChI is InChI=1S/C16H23NO3S/c1-10(2)12-6-8-13(9-7-12)21-16(4,5)15(20)17-11(3)14(18)19/h6-11H,1-5H3,(H,17,20)(H,18,19). The van der Waals surface area contributed by atoms with Crippen LogP contribution in [0.3, 0.4) is 0 Å². The fourth-order valence-electron chi connectivity index (χ4n) is 1.69. The minimum absolute atomic E-state index is 0.282. The maximum Gasteiger partial charge on any atom is 0.325 e. The molecule has 0 aliphatic heterocycles. The number of carbonyl (C=O) groups is 2. The Morgan fingerprint density at radius 1 is 1.14 bits per heavy atom. The van der Waals surface area contributed by atoms with E-state index in [0.29, 0.717) is 5.92 Å². The summed E-state index contributed by atoms with van der Waals surface area (Å²) >= 11 is 1.42. The third-order valence-corrected chi connectivity index (χ3v) is 4.39. The van der Waals surface area contributed by atoms with Gasteiger partial charge in [-0.05, 0) is 44.4 Å². The molecule has 0 saturated heterocycles. The monoisotopic (exact) mass is 309 g/mol. The summed E-state index contributed by atoms with van der Waals surface area (Å²) in [7, 11) is 0. The minimum Gasteiger partial charge on any atom is -0.480 e. The minimum atomic E-state index is -1.04. The molecule has 0 heterocycles. The van der Waals surface area contributed by atoms with Gasteiger partial charge in [0.1, 0.15) is 6.04 Å². The number of amides is 1. The second-order valence-corrected chi connectivity index (χ2v) is 7.57. The number of aliphatic carboxylic acids is 1. The van der Waals surface area contributed by atoms with Crippen molar-refractivity contribution in [3.8, 4) is 0 Å². The first kappa shape index (κ1) is 17.6. The largest absolute Gasteiger partial charge is 0.480 e. The zero-order valence-electron chi connectivity index (χ0n) is 13.1. The predicted molar refractivity (Wildman–Crippen MR) is 85.7 cm³/mol. The van der Waals surface area contributed by atoms with E-state index in [9.17, 15) is 9.59 Å². The lowest BCUT2D eigenvalue weighted by Gasteiger charge is -2.24. The molecular weight excluding hydrogens is 286 g/mol. The summed E-state index contributed by atoms with van der Waals surface area (Å²) in [5.74, 6) is -0.849. The SMILES string of the molecule is CC(NC(=O)C(C)(C)Sc1ccc(C(C)C)cc1)C(=O)O. The van der Waals surface area contributed by atoms with Crippen molar-refractivity contribution < 1.29 is 14.7 Å². The molecule has 1 aromatic rings. The van der Waals surface area contributed by atoms with Gasteiger partial charge >= 0.3 is 5.97 Å². The van der Waals surface area contributed by atoms with Crippen LogP contribution in [0.1, 0.15) is 46.1 Å². The van der Waals surface area contributed by atoms with Gasteiger partial charge in [-0.25, -0.2) is 0 Å². The molecule has 0 bridgehead atoms. The Hall–Kier alpha value is -1.49. The number of nitrogens with one attached hydrogen (secondary N) is 1. The van der Waals surface area contributed by atoms with Gasteiger partial charge in [-0.1, -0.05) is 26.0 Å². The number of rotatable bonds is 6. The predicted octanol–water partition coefficient (Wildman–Crippen LogP) is 3.27. The van der Waals surface area contributed by atoms with Gasteiger partial charge in [-0.2, -0.15) is 0 Å². The van der Waals surface area contributed by atoms with E-state index in [4.69, 9.17) is 5.11 Å². The van der Waals surface area contributed by atoms with E-state index in [2.05, 4.69) is 31.3 Å². The summed E-state index contributed by atoms with van der Waals surface area (Å²) in [5, 5.41) is 11.4. The molecule has 0 saturated carbocycles. The second-order valence-electron chi connectivity index (χ2n) is 5.87. The van der Waals surface area contributed by atoms with Crippen molar-refractivity contribution in [1.82, 2.24) is 5.32 Å². The molecule has 0 fully saturated rings. The number of carbonyl (C=O) groups excluding carboxylic acids is 1. The molecule has 4 nitrogen and oxygen atoms in total. The van der Waals surface area contributed by atoms with E-state index in [-0.39, 0.29) is 5.91 Å². The van der Waals surface area contributed by atoms with Gasteiger partial charge in [-0.3, -0.25) is 9.59 Å². The number of hydrogen-bond donors (Lipinski definition) is 2. The summed E-state index contributed by atoms with van der Waals surface area (Å²) < 4.78 is -0.733. The molecule has 1 unspecified atom stereocenters. The Kier molecular flexibility index (Phi) is 5.84. The summed E-state index contributed by atoms with van der Waals surface area (Å²) in [6.07, 6.45) is 0. The van der Waals surface area contributed by atoms with Crippen LogP contribution in [0.25, 0.3) is 0 Å². The van der Waals surface area contributed by atoms with Crippen molar-refractivity contribution in [3.63, 3.8) is 0 Å². The third kappa shape index (κ3) is 5.08. The highest BCUT2D eigenvalue weighted by molar-refractivity contribution is 8.01. The van der Waals surface area contributed by atoms with Crippen LogP contribution in [0.5, 0.6) is 0 Å². The van der Waals surface area contributed by atoms with Crippen molar-refractivity contribution in [2.45, 2.75) is 56.2 Å². The van der Waals surface area contributed by atoms with Gasteiger partial charge in [-0.15, -0.1) is 11.8 Å². The van der Waals surface area contributed by atoms with Crippen LogP contribution >= 0.6 is 11.8 Å². The Labute approximate surface area is 130 Å². The van der Waals surface area contributed by atoms with Crippen molar-refractivity contribution in [1.29, 1.82) is 0 Å². The number of hydrogen-bond acceptors (Lipinski definition) is 3. The van der Waals surface area contributed by atoms with Gasteiger partial charge in [0.25, 0.3) is 0 Å². The van der Waals surface area contributed by atoms with Crippen LogP contribution < -0.4 is 5.32 Å². The molecule has 0 spiro atoms. The fraction of sp³-hybridized carbons (Fsp3) is 0.500.